The minimum absolute atomic E-state index is 0.0805. The Morgan fingerprint density at radius 3 is 1.48 bits per heavy atom. The topological polar surface area (TPSA) is 431 Å². The molecule has 0 saturated carbocycles. The molecule has 0 aromatic heterocycles. The molecule has 64 heavy (non-hydrogen) atoms. The van der Waals surface area contributed by atoms with E-state index in [0.717, 1.165) is 0 Å². The Morgan fingerprint density at radius 1 is 0.547 bits per heavy atom. The third kappa shape index (κ3) is 21.9. The summed E-state index contributed by atoms with van der Waals surface area (Å²) in [6.45, 7) is 9.14. The highest BCUT2D eigenvalue weighted by Crippen LogP contribution is 2.11. The Bertz CT molecular complexity index is 1650. The van der Waals surface area contributed by atoms with Crippen molar-refractivity contribution in [3.63, 3.8) is 0 Å². The summed E-state index contributed by atoms with van der Waals surface area (Å²) in [6, 6.07) is -12.3. The minimum atomic E-state index is -1.89. The first-order chi connectivity index (χ1) is 29.8. The standard InChI is InChI=1S/C39H68N10O15/c1-7-20(6)30(42)37(61)43-21(10-8-9-13-40)32(56)48-26(17-50)36(60)46-25(16-29(54)55)34(58)45-23(14-18(2)3)35(59)49-31(19(4)5)38(62)47-24(15-27(41)51)33(57)44-22(39(63)64)11-12-28(52)53/h18-26,30-31,50H,7-17,40,42H2,1-6H3,(H2,41,51)(H,43,61)(H,44,57)(H,45,58)(H,46,60)(H,47,62)(H,48,56)(H,49,59)(H,52,53)(H,54,55)(H,63,64)/t20-,21-,22-,23-,24-,25-,26-,30-,31-/m0/s1. The first-order valence-corrected chi connectivity index (χ1v) is 20.9. The van der Waals surface area contributed by atoms with Crippen LogP contribution in [-0.4, -0.2) is 147 Å². The summed E-state index contributed by atoms with van der Waals surface area (Å²) in [4.78, 5) is 140. The summed E-state index contributed by atoms with van der Waals surface area (Å²) in [5, 5.41) is 54.2. The van der Waals surface area contributed by atoms with Crippen molar-refractivity contribution in [1.29, 1.82) is 0 Å². The lowest BCUT2D eigenvalue weighted by molar-refractivity contribution is -0.144. The van der Waals surface area contributed by atoms with E-state index in [0.29, 0.717) is 19.3 Å². The number of carboxylic acids is 3. The minimum Gasteiger partial charge on any atom is -0.481 e. The van der Waals surface area contributed by atoms with E-state index in [1.54, 1.807) is 20.8 Å². The van der Waals surface area contributed by atoms with Crippen LogP contribution >= 0.6 is 0 Å². The van der Waals surface area contributed by atoms with Crippen LogP contribution < -0.4 is 54.4 Å². The fourth-order valence-electron chi connectivity index (χ4n) is 5.90. The lowest BCUT2D eigenvalue weighted by atomic mass is 9.98. The van der Waals surface area contributed by atoms with E-state index in [2.05, 4.69) is 37.2 Å². The van der Waals surface area contributed by atoms with E-state index < -0.39 is 152 Å². The van der Waals surface area contributed by atoms with Crippen LogP contribution in [0.15, 0.2) is 0 Å². The second-order valence-corrected chi connectivity index (χ2v) is 16.1. The predicted octanol–water partition coefficient (Wildman–Crippen LogP) is -4.12. The van der Waals surface area contributed by atoms with E-state index in [1.807, 2.05) is 6.92 Å². The van der Waals surface area contributed by atoms with Gasteiger partial charge in [-0.05, 0) is 56.4 Å². The Balaban J connectivity index is 6.33. The number of rotatable bonds is 32. The van der Waals surface area contributed by atoms with Gasteiger partial charge in [-0.25, -0.2) is 4.79 Å². The maximum atomic E-state index is 13.8. The second-order valence-electron chi connectivity index (χ2n) is 16.1. The predicted molar refractivity (Wildman–Crippen MR) is 226 cm³/mol. The Kier molecular flexibility index (Phi) is 26.7. The highest BCUT2D eigenvalue weighted by atomic mass is 16.4. The summed E-state index contributed by atoms with van der Waals surface area (Å²) in [7, 11) is 0. The molecule has 0 fully saturated rings. The molecule has 0 aromatic carbocycles. The van der Waals surface area contributed by atoms with Crippen molar-refractivity contribution in [2.75, 3.05) is 13.2 Å². The largest absolute Gasteiger partial charge is 0.481 e. The number of aliphatic carboxylic acids is 3. The van der Waals surface area contributed by atoms with Crippen LogP contribution in [0.25, 0.3) is 0 Å². The average Bonchev–Trinajstić information content (AvgIpc) is 3.20. The van der Waals surface area contributed by atoms with Crippen molar-refractivity contribution in [2.24, 2.45) is 35.0 Å². The lowest BCUT2D eigenvalue weighted by Gasteiger charge is -2.29. The van der Waals surface area contributed by atoms with Gasteiger partial charge in [0.25, 0.3) is 0 Å². The molecule has 0 radical (unpaired) electrons. The quantitative estimate of drug-likeness (QED) is 0.0285. The van der Waals surface area contributed by atoms with Crippen molar-refractivity contribution in [2.45, 2.75) is 148 Å². The van der Waals surface area contributed by atoms with Gasteiger partial charge >= 0.3 is 17.9 Å². The van der Waals surface area contributed by atoms with Crippen molar-refractivity contribution in [3.8, 4) is 0 Å². The Morgan fingerprint density at radius 2 is 1.02 bits per heavy atom. The lowest BCUT2D eigenvalue weighted by Crippen LogP contribution is -2.61. The van der Waals surface area contributed by atoms with Crippen LogP contribution in [-0.2, 0) is 52.7 Å². The van der Waals surface area contributed by atoms with Crippen molar-refractivity contribution in [3.05, 3.63) is 0 Å². The normalized spacial score (nSPS) is 15.4. The molecule has 0 aliphatic heterocycles. The number of aliphatic hydroxyl groups is 1. The van der Waals surface area contributed by atoms with Crippen LogP contribution in [0.3, 0.4) is 0 Å². The summed E-state index contributed by atoms with van der Waals surface area (Å²) in [6.07, 6.45) is -1.63. The number of carbonyl (C=O) groups is 11. The second kappa shape index (κ2) is 29.4. The first kappa shape index (κ1) is 58.0. The zero-order chi connectivity index (χ0) is 49.4. The van der Waals surface area contributed by atoms with Crippen LogP contribution in [0.1, 0.15) is 99.3 Å². The number of carbonyl (C=O) groups excluding carboxylic acids is 8. The summed E-state index contributed by atoms with van der Waals surface area (Å²) < 4.78 is 0. The fraction of sp³-hybridized carbons (Fsp3) is 0.718. The van der Waals surface area contributed by atoms with Crippen LogP contribution in [0, 0.1) is 17.8 Å². The fourth-order valence-corrected chi connectivity index (χ4v) is 5.90. The van der Waals surface area contributed by atoms with Gasteiger partial charge in [0.1, 0.15) is 42.3 Å². The van der Waals surface area contributed by atoms with Gasteiger partial charge < -0.3 is 74.8 Å². The molecule has 0 aliphatic rings. The van der Waals surface area contributed by atoms with Crippen LogP contribution in [0.5, 0.6) is 0 Å². The van der Waals surface area contributed by atoms with Gasteiger partial charge in [0.2, 0.25) is 47.3 Å². The highest BCUT2D eigenvalue weighted by molar-refractivity contribution is 5.99. The van der Waals surface area contributed by atoms with Gasteiger partial charge in [0, 0.05) is 6.42 Å². The molecule has 0 aliphatic carbocycles. The van der Waals surface area contributed by atoms with Gasteiger partial charge in [-0.15, -0.1) is 0 Å². The van der Waals surface area contributed by atoms with Crippen molar-refractivity contribution >= 4 is 65.2 Å². The van der Waals surface area contributed by atoms with Crippen molar-refractivity contribution < 1.29 is 73.2 Å². The number of hydrogen-bond acceptors (Lipinski definition) is 14. The Labute approximate surface area is 370 Å². The third-order valence-corrected chi connectivity index (χ3v) is 9.85. The summed E-state index contributed by atoms with van der Waals surface area (Å²) >= 11 is 0. The molecule has 8 amide bonds. The first-order valence-electron chi connectivity index (χ1n) is 20.9. The third-order valence-electron chi connectivity index (χ3n) is 9.85. The maximum absolute atomic E-state index is 13.8. The highest BCUT2D eigenvalue weighted by Gasteiger charge is 2.36. The van der Waals surface area contributed by atoms with Crippen LogP contribution in [0.2, 0.25) is 0 Å². The average molecular weight is 917 g/mol. The molecule has 25 nitrogen and oxygen atoms in total. The molecule has 0 spiro atoms. The van der Waals surface area contributed by atoms with E-state index in [1.165, 1.54) is 13.8 Å². The number of nitrogens with one attached hydrogen (secondary N) is 7. The molecule has 0 rings (SSSR count). The smallest absolute Gasteiger partial charge is 0.326 e. The zero-order valence-corrected chi connectivity index (χ0v) is 37.1. The number of amides is 8. The number of unbranched alkanes of at least 4 members (excludes halogenated alkanes) is 1. The van der Waals surface area contributed by atoms with E-state index in [9.17, 15) is 68.1 Å². The van der Waals surface area contributed by atoms with Gasteiger partial charge in [-0.1, -0.05) is 48.0 Å². The van der Waals surface area contributed by atoms with Gasteiger partial charge in [-0.3, -0.25) is 47.9 Å². The molecule has 25 heteroatoms. The molecule has 364 valence electrons. The number of carboxylic acid groups (broad SMARTS) is 3. The number of primary amides is 1. The molecular formula is C39H68N10O15. The molecule has 17 N–H and O–H groups in total. The SMILES string of the molecule is CC[C@H](C)[C@H](N)C(=O)N[C@@H](CCCCN)C(=O)N[C@@H](CO)C(=O)N[C@@H](CC(=O)O)C(=O)N[C@@H](CC(C)C)C(=O)N[C@H](C(=O)N[C@@H](CC(N)=O)C(=O)N[C@@H](CCC(=O)O)C(=O)O)C(C)C. The molecule has 0 bridgehead atoms. The zero-order valence-electron chi connectivity index (χ0n) is 37.1. The maximum Gasteiger partial charge on any atom is 0.326 e. The molecule has 9 atom stereocenters. The van der Waals surface area contributed by atoms with Gasteiger partial charge in [0.05, 0.1) is 25.5 Å². The molecule has 0 saturated heterocycles. The molecular weight excluding hydrogens is 848 g/mol. The summed E-state index contributed by atoms with van der Waals surface area (Å²) in [5.74, 6) is -14.1. The summed E-state index contributed by atoms with van der Waals surface area (Å²) in [5.41, 5.74) is 16.9. The van der Waals surface area contributed by atoms with E-state index >= 15 is 0 Å². The molecule has 0 unspecified atom stereocenters. The number of nitrogens with two attached hydrogens (primary N) is 3. The van der Waals surface area contributed by atoms with Crippen LogP contribution in [0.4, 0.5) is 0 Å². The van der Waals surface area contributed by atoms with Gasteiger partial charge in [-0.2, -0.15) is 0 Å². The molecule has 0 aromatic rings. The Hall–Kier alpha value is -5.95. The monoisotopic (exact) mass is 916 g/mol. The van der Waals surface area contributed by atoms with Gasteiger partial charge in [0.15, 0.2) is 0 Å². The van der Waals surface area contributed by atoms with E-state index in [-0.39, 0.29) is 31.2 Å². The number of hydrogen-bond donors (Lipinski definition) is 14. The van der Waals surface area contributed by atoms with E-state index in [4.69, 9.17) is 22.3 Å². The molecule has 0 heterocycles. The van der Waals surface area contributed by atoms with Crippen molar-refractivity contribution in [1.82, 2.24) is 37.2 Å². The number of aliphatic hydroxyl groups excluding tert-OH is 1.